The van der Waals surface area contributed by atoms with E-state index in [4.69, 9.17) is 9.26 Å². The quantitative estimate of drug-likeness (QED) is 0.754. The van der Waals surface area contributed by atoms with Gasteiger partial charge in [0.25, 0.3) is 11.8 Å². The van der Waals surface area contributed by atoms with Crippen LogP contribution in [-0.4, -0.2) is 46.7 Å². The van der Waals surface area contributed by atoms with Crippen LogP contribution in [0.5, 0.6) is 5.88 Å². The van der Waals surface area contributed by atoms with E-state index in [9.17, 15) is 13.6 Å². The van der Waals surface area contributed by atoms with E-state index in [1.807, 2.05) is 0 Å². The lowest BCUT2D eigenvalue weighted by Gasteiger charge is -2.40. The Hall–Kier alpha value is -2.78. The van der Waals surface area contributed by atoms with Crippen LogP contribution in [-0.2, 0) is 5.54 Å². The maximum absolute atomic E-state index is 13.3. The van der Waals surface area contributed by atoms with Gasteiger partial charge in [0.15, 0.2) is 5.82 Å². The number of pyridine rings is 1. The van der Waals surface area contributed by atoms with Gasteiger partial charge >= 0.3 is 0 Å². The molecular weight excluding hydrogens is 384 g/mol. The number of halogens is 2. The molecule has 0 unspecified atom stereocenters. The second-order valence-corrected chi connectivity index (χ2v) is 8.20. The number of alkyl halides is 2. The van der Waals surface area contributed by atoms with Crippen molar-refractivity contribution in [2.24, 2.45) is 5.92 Å². The number of hydrogen-bond acceptors (Lipinski definition) is 7. The van der Waals surface area contributed by atoms with Crippen molar-refractivity contribution in [2.75, 3.05) is 24.6 Å². The zero-order valence-corrected chi connectivity index (χ0v) is 16.5. The van der Waals surface area contributed by atoms with Crippen molar-refractivity contribution in [1.82, 2.24) is 20.4 Å². The first-order valence-corrected chi connectivity index (χ1v) is 9.53. The van der Waals surface area contributed by atoms with E-state index in [-0.39, 0.29) is 24.7 Å². The van der Waals surface area contributed by atoms with E-state index in [0.717, 1.165) is 12.8 Å². The molecule has 10 heteroatoms. The Balaban J connectivity index is 1.53. The van der Waals surface area contributed by atoms with Crippen molar-refractivity contribution in [1.29, 1.82) is 0 Å². The topological polar surface area (TPSA) is 93.4 Å². The van der Waals surface area contributed by atoms with Crippen LogP contribution in [0.4, 0.5) is 14.5 Å². The van der Waals surface area contributed by atoms with Crippen LogP contribution in [0.3, 0.4) is 0 Å². The number of amides is 1. The molecule has 2 aromatic rings. The van der Waals surface area contributed by atoms with E-state index in [1.165, 1.54) is 11.0 Å². The number of nitrogens with zero attached hydrogens (tertiary/aromatic N) is 4. The van der Waals surface area contributed by atoms with Crippen LogP contribution < -0.4 is 15.0 Å². The minimum Gasteiger partial charge on any atom is -0.476 e. The van der Waals surface area contributed by atoms with Crippen LogP contribution in [0, 0.1) is 12.8 Å². The zero-order chi connectivity index (χ0) is 20.8. The fraction of sp³-hybridized carbons (Fsp3) is 0.579. The second kappa shape index (κ2) is 6.93. The molecule has 1 aliphatic carbocycles. The van der Waals surface area contributed by atoms with Crippen molar-refractivity contribution in [3.8, 4) is 5.88 Å². The average molecular weight is 407 g/mol. The highest BCUT2D eigenvalue weighted by atomic mass is 19.3. The minimum atomic E-state index is -2.71. The smallest absolute Gasteiger partial charge is 0.282 e. The van der Waals surface area contributed by atoms with Gasteiger partial charge in [0.05, 0.1) is 25.2 Å². The van der Waals surface area contributed by atoms with Crippen molar-refractivity contribution in [3.05, 3.63) is 29.5 Å². The lowest BCUT2D eigenvalue weighted by atomic mass is 10.0. The number of aromatic nitrogens is 3. The van der Waals surface area contributed by atoms with E-state index >= 15 is 0 Å². The molecule has 1 amide bonds. The molecule has 4 rings (SSSR count). The van der Waals surface area contributed by atoms with Gasteiger partial charge in [-0.25, -0.2) is 13.8 Å². The standard InChI is InChI=1S/C19H23F2N5O3/c1-11-22-17(25-29-11)18(2,3)24-15(27)13-6-7-14(26-9-19(20,21)10-26)16(23-13)28-8-12-4-5-12/h6-7,12H,4-5,8-10H2,1-3H3,(H,24,27). The molecular formula is C19H23F2N5O3. The highest BCUT2D eigenvalue weighted by Crippen LogP contribution is 2.38. The number of nitrogens with one attached hydrogen (secondary N) is 1. The number of hydrogen-bond donors (Lipinski definition) is 1. The van der Waals surface area contributed by atoms with Gasteiger partial charge in [-0.05, 0) is 44.7 Å². The van der Waals surface area contributed by atoms with E-state index in [0.29, 0.717) is 29.9 Å². The maximum Gasteiger partial charge on any atom is 0.282 e. The van der Waals surface area contributed by atoms with Crippen molar-refractivity contribution in [2.45, 2.75) is 45.1 Å². The van der Waals surface area contributed by atoms with Gasteiger partial charge in [0, 0.05) is 6.92 Å². The third-order valence-electron chi connectivity index (χ3n) is 4.92. The first-order valence-electron chi connectivity index (χ1n) is 9.53. The summed E-state index contributed by atoms with van der Waals surface area (Å²) in [6, 6.07) is 3.10. The Morgan fingerprint density at radius 2 is 2.07 bits per heavy atom. The predicted octanol–water partition coefficient (Wildman–Crippen LogP) is 2.68. The predicted molar refractivity (Wildman–Crippen MR) is 99.1 cm³/mol. The largest absolute Gasteiger partial charge is 0.476 e. The average Bonchev–Trinajstić information content (AvgIpc) is 3.35. The van der Waals surface area contributed by atoms with Crippen LogP contribution in [0.25, 0.3) is 0 Å². The molecule has 2 aliphatic rings. The van der Waals surface area contributed by atoms with Crippen molar-refractivity contribution in [3.63, 3.8) is 0 Å². The summed E-state index contributed by atoms with van der Waals surface area (Å²) in [5.41, 5.74) is -0.287. The van der Waals surface area contributed by atoms with Gasteiger partial charge in [-0.1, -0.05) is 5.16 Å². The summed E-state index contributed by atoms with van der Waals surface area (Å²) in [6.45, 7) is 4.85. The number of rotatable bonds is 7. The summed E-state index contributed by atoms with van der Waals surface area (Å²) in [5.74, 6) is -1.76. The highest BCUT2D eigenvalue weighted by molar-refractivity contribution is 5.93. The summed E-state index contributed by atoms with van der Waals surface area (Å²) >= 11 is 0. The number of aryl methyl sites for hydroxylation is 1. The minimum absolute atomic E-state index is 0.125. The molecule has 2 fully saturated rings. The molecule has 156 valence electrons. The van der Waals surface area contributed by atoms with Gasteiger partial charge in [0.1, 0.15) is 11.4 Å². The van der Waals surface area contributed by atoms with E-state index in [2.05, 4.69) is 20.4 Å². The van der Waals surface area contributed by atoms with Gasteiger partial charge in [0.2, 0.25) is 11.8 Å². The molecule has 2 aromatic heterocycles. The number of ether oxygens (including phenoxy) is 1. The van der Waals surface area contributed by atoms with Gasteiger partial charge in [-0.15, -0.1) is 0 Å². The Bertz CT molecular complexity index is 918. The highest BCUT2D eigenvalue weighted by Gasteiger charge is 2.45. The summed E-state index contributed by atoms with van der Waals surface area (Å²) in [5, 5.41) is 6.67. The fourth-order valence-corrected chi connectivity index (χ4v) is 3.03. The third-order valence-corrected chi connectivity index (χ3v) is 4.92. The lowest BCUT2D eigenvalue weighted by Crippen LogP contribution is -2.56. The summed E-state index contributed by atoms with van der Waals surface area (Å²) in [4.78, 5) is 22.7. The normalized spacial score (nSPS) is 18.3. The van der Waals surface area contributed by atoms with E-state index in [1.54, 1.807) is 26.8 Å². The first kappa shape index (κ1) is 19.5. The van der Waals surface area contributed by atoms with Crippen LogP contribution >= 0.6 is 0 Å². The Labute approximate surface area is 166 Å². The first-order chi connectivity index (χ1) is 13.6. The maximum atomic E-state index is 13.3. The molecule has 3 heterocycles. The number of carbonyl (C=O) groups is 1. The Morgan fingerprint density at radius 3 is 2.66 bits per heavy atom. The molecule has 8 nitrogen and oxygen atoms in total. The van der Waals surface area contributed by atoms with E-state index < -0.39 is 17.4 Å². The summed E-state index contributed by atoms with van der Waals surface area (Å²) in [6.07, 6.45) is 2.16. The Morgan fingerprint density at radius 1 is 1.34 bits per heavy atom. The molecule has 0 aromatic carbocycles. The monoisotopic (exact) mass is 407 g/mol. The van der Waals surface area contributed by atoms with Crippen LogP contribution in [0.1, 0.15) is 48.9 Å². The van der Waals surface area contributed by atoms with Crippen molar-refractivity contribution >= 4 is 11.6 Å². The molecule has 0 atom stereocenters. The second-order valence-electron chi connectivity index (χ2n) is 8.20. The zero-order valence-electron chi connectivity index (χ0n) is 16.5. The van der Waals surface area contributed by atoms with Crippen LogP contribution in [0.15, 0.2) is 16.7 Å². The Kier molecular flexibility index (Phi) is 4.66. The molecule has 0 radical (unpaired) electrons. The fourth-order valence-electron chi connectivity index (χ4n) is 3.03. The SMILES string of the molecule is Cc1nc(C(C)(C)NC(=O)c2ccc(N3CC(F)(F)C3)c(OCC3CC3)n2)no1. The van der Waals surface area contributed by atoms with Gasteiger partial charge < -0.3 is 19.5 Å². The molecule has 0 bridgehead atoms. The van der Waals surface area contributed by atoms with Crippen molar-refractivity contribution < 1.29 is 22.8 Å². The molecule has 1 N–H and O–H groups in total. The lowest BCUT2D eigenvalue weighted by molar-refractivity contribution is -0.0265. The summed E-state index contributed by atoms with van der Waals surface area (Å²) < 4.78 is 37.4. The van der Waals surface area contributed by atoms with Gasteiger partial charge in [-0.2, -0.15) is 4.98 Å². The number of anilines is 1. The summed E-state index contributed by atoms with van der Waals surface area (Å²) in [7, 11) is 0. The molecule has 1 aliphatic heterocycles. The van der Waals surface area contributed by atoms with Gasteiger partial charge in [-0.3, -0.25) is 4.79 Å². The molecule has 0 spiro atoms. The molecule has 1 saturated carbocycles. The van der Waals surface area contributed by atoms with Crippen LogP contribution in [0.2, 0.25) is 0 Å². The number of carbonyl (C=O) groups excluding carboxylic acids is 1. The third kappa shape index (κ3) is 4.30. The molecule has 29 heavy (non-hydrogen) atoms. The molecule has 1 saturated heterocycles.